The maximum Gasteiger partial charge on any atom is 0.136 e. The minimum absolute atomic E-state index is 0.426. The molecule has 16 heavy (non-hydrogen) atoms. The number of hydrogen-bond donors (Lipinski definition) is 1. The summed E-state index contributed by atoms with van der Waals surface area (Å²) in [5.74, 6) is 1.37. The van der Waals surface area contributed by atoms with Crippen molar-refractivity contribution in [1.82, 2.24) is 0 Å². The van der Waals surface area contributed by atoms with Crippen molar-refractivity contribution in [2.75, 3.05) is 13.7 Å². The first kappa shape index (κ1) is 13.5. The van der Waals surface area contributed by atoms with Gasteiger partial charge in [-0.05, 0) is 65.4 Å². The van der Waals surface area contributed by atoms with Gasteiger partial charge in [0.1, 0.15) is 5.75 Å². The van der Waals surface area contributed by atoms with Gasteiger partial charge >= 0.3 is 0 Å². The molecule has 0 aliphatic heterocycles. The smallest absolute Gasteiger partial charge is 0.136 e. The van der Waals surface area contributed by atoms with Gasteiger partial charge in [-0.1, -0.05) is 13.0 Å². The molecule has 2 N–H and O–H groups in total. The highest BCUT2D eigenvalue weighted by Gasteiger charge is 2.16. The molecule has 1 rings (SSSR count). The SMILES string of the molecule is COc1c(C(C)CCN)cc(C)c(C)c1Br. The van der Waals surface area contributed by atoms with Crippen molar-refractivity contribution in [2.24, 2.45) is 5.73 Å². The average molecular weight is 286 g/mol. The Morgan fingerprint density at radius 3 is 2.56 bits per heavy atom. The van der Waals surface area contributed by atoms with Gasteiger partial charge in [0, 0.05) is 0 Å². The maximum atomic E-state index is 5.61. The summed E-state index contributed by atoms with van der Waals surface area (Å²) in [6, 6.07) is 2.21. The molecule has 90 valence electrons. The Morgan fingerprint density at radius 1 is 1.44 bits per heavy atom. The molecule has 0 aliphatic carbocycles. The van der Waals surface area contributed by atoms with E-state index in [1.54, 1.807) is 7.11 Å². The van der Waals surface area contributed by atoms with Gasteiger partial charge in [0.15, 0.2) is 0 Å². The van der Waals surface area contributed by atoms with E-state index in [0.717, 1.165) is 16.6 Å². The number of ether oxygens (including phenoxy) is 1. The van der Waals surface area contributed by atoms with Crippen LogP contribution in [0.25, 0.3) is 0 Å². The number of rotatable bonds is 4. The van der Waals surface area contributed by atoms with Crippen LogP contribution in [-0.4, -0.2) is 13.7 Å². The summed E-state index contributed by atoms with van der Waals surface area (Å²) in [6.07, 6.45) is 0.977. The van der Waals surface area contributed by atoms with E-state index in [9.17, 15) is 0 Å². The molecule has 3 heteroatoms. The molecule has 1 atom stereocenters. The van der Waals surface area contributed by atoms with Crippen molar-refractivity contribution in [3.63, 3.8) is 0 Å². The zero-order chi connectivity index (χ0) is 12.3. The molecule has 0 saturated carbocycles. The van der Waals surface area contributed by atoms with Gasteiger partial charge < -0.3 is 10.5 Å². The first-order valence-corrected chi connectivity index (χ1v) is 6.35. The van der Waals surface area contributed by atoms with Gasteiger partial charge in [-0.25, -0.2) is 0 Å². The summed E-state index contributed by atoms with van der Waals surface area (Å²) in [7, 11) is 1.72. The largest absolute Gasteiger partial charge is 0.495 e. The van der Waals surface area contributed by atoms with Crippen molar-refractivity contribution in [3.8, 4) is 5.75 Å². The second-order valence-corrected chi connectivity index (χ2v) is 5.03. The minimum Gasteiger partial charge on any atom is -0.495 e. The van der Waals surface area contributed by atoms with Crippen LogP contribution in [0.3, 0.4) is 0 Å². The molecule has 0 fully saturated rings. The van der Waals surface area contributed by atoms with Crippen LogP contribution in [0.2, 0.25) is 0 Å². The van der Waals surface area contributed by atoms with Gasteiger partial charge in [0.2, 0.25) is 0 Å². The number of nitrogens with two attached hydrogens (primary N) is 1. The number of halogens is 1. The molecule has 2 nitrogen and oxygen atoms in total. The lowest BCUT2D eigenvalue weighted by molar-refractivity contribution is 0.402. The van der Waals surface area contributed by atoms with E-state index in [1.165, 1.54) is 16.7 Å². The third-order valence-electron chi connectivity index (χ3n) is 3.09. The molecular formula is C13H20BrNO. The van der Waals surface area contributed by atoms with Crippen LogP contribution in [0.15, 0.2) is 10.5 Å². The predicted molar refractivity (Wildman–Crippen MR) is 72.3 cm³/mol. The molecule has 0 aromatic heterocycles. The molecule has 0 bridgehead atoms. The lowest BCUT2D eigenvalue weighted by Gasteiger charge is -2.19. The average Bonchev–Trinajstić information content (AvgIpc) is 2.26. The normalized spacial score (nSPS) is 12.6. The van der Waals surface area contributed by atoms with Crippen LogP contribution in [0.4, 0.5) is 0 Å². The topological polar surface area (TPSA) is 35.2 Å². The van der Waals surface area contributed by atoms with Gasteiger partial charge in [0.25, 0.3) is 0 Å². The summed E-state index contributed by atoms with van der Waals surface area (Å²) in [6.45, 7) is 7.11. The Morgan fingerprint density at radius 2 is 2.06 bits per heavy atom. The Labute approximate surface area is 106 Å². The quantitative estimate of drug-likeness (QED) is 0.919. The van der Waals surface area contributed by atoms with E-state index in [2.05, 4.69) is 42.8 Å². The highest BCUT2D eigenvalue weighted by atomic mass is 79.9. The molecule has 1 aromatic rings. The van der Waals surface area contributed by atoms with Crippen molar-refractivity contribution < 1.29 is 4.74 Å². The minimum atomic E-state index is 0.426. The zero-order valence-corrected chi connectivity index (χ0v) is 12.0. The summed E-state index contributed by atoms with van der Waals surface area (Å²) in [4.78, 5) is 0. The molecule has 0 saturated heterocycles. The fourth-order valence-corrected chi connectivity index (χ4v) is 2.56. The Kier molecular flexibility index (Phi) is 4.81. The molecule has 0 spiro atoms. The lowest BCUT2D eigenvalue weighted by Crippen LogP contribution is -2.07. The van der Waals surface area contributed by atoms with Crippen molar-refractivity contribution in [3.05, 3.63) is 27.2 Å². The molecule has 1 aromatic carbocycles. The molecule has 0 heterocycles. The van der Waals surface area contributed by atoms with E-state index in [4.69, 9.17) is 10.5 Å². The summed E-state index contributed by atoms with van der Waals surface area (Å²) < 4.78 is 6.56. The second kappa shape index (κ2) is 5.69. The molecule has 1 unspecified atom stereocenters. The third kappa shape index (κ3) is 2.58. The van der Waals surface area contributed by atoms with Crippen LogP contribution in [-0.2, 0) is 0 Å². The first-order chi connectivity index (χ1) is 7.52. The Bertz CT molecular complexity index is 377. The monoisotopic (exact) mass is 285 g/mol. The van der Waals surface area contributed by atoms with Crippen LogP contribution < -0.4 is 10.5 Å². The van der Waals surface area contributed by atoms with E-state index < -0.39 is 0 Å². The third-order valence-corrected chi connectivity index (χ3v) is 4.04. The van der Waals surface area contributed by atoms with Crippen LogP contribution in [0, 0.1) is 13.8 Å². The van der Waals surface area contributed by atoms with Crippen molar-refractivity contribution in [2.45, 2.75) is 33.1 Å². The van der Waals surface area contributed by atoms with Gasteiger partial charge in [-0.2, -0.15) is 0 Å². The fourth-order valence-electron chi connectivity index (χ4n) is 1.86. The van der Waals surface area contributed by atoms with Crippen LogP contribution >= 0.6 is 15.9 Å². The van der Waals surface area contributed by atoms with Crippen molar-refractivity contribution in [1.29, 1.82) is 0 Å². The number of hydrogen-bond acceptors (Lipinski definition) is 2. The van der Waals surface area contributed by atoms with Gasteiger partial charge in [-0.15, -0.1) is 0 Å². The van der Waals surface area contributed by atoms with Crippen LogP contribution in [0.1, 0.15) is 36.0 Å². The Hall–Kier alpha value is -0.540. The molecule has 0 amide bonds. The predicted octanol–water partition coefficient (Wildman–Crippen LogP) is 3.53. The summed E-state index contributed by atoms with van der Waals surface area (Å²) in [5, 5.41) is 0. The highest BCUT2D eigenvalue weighted by molar-refractivity contribution is 9.10. The van der Waals surface area contributed by atoms with E-state index in [1.807, 2.05) is 0 Å². The standard InChI is InChI=1S/C13H20BrNO/c1-8(5-6-15)11-7-9(2)10(3)12(14)13(11)16-4/h7-8H,5-6,15H2,1-4H3. The maximum absolute atomic E-state index is 5.61. The molecule has 0 aliphatic rings. The van der Waals surface area contributed by atoms with Gasteiger partial charge in [0.05, 0.1) is 11.6 Å². The number of benzene rings is 1. The molecular weight excluding hydrogens is 266 g/mol. The lowest BCUT2D eigenvalue weighted by atomic mass is 9.93. The second-order valence-electron chi connectivity index (χ2n) is 4.23. The van der Waals surface area contributed by atoms with E-state index >= 15 is 0 Å². The van der Waals surface area contributed by atoms with Crippen LogP contribution in [0.5, 0.6) is 5.75 Å². The summed E-state index contributed by atoms with van der Waals surface area (Å²) >= 11 is 3.61. The van der Waals surface area contributed by atoms with Crippen molar-refractivity contribution >= 4 is 15.9 Å². The van der Waals surface area contributed by atoms with Gasteiger partial charge in [-0.3, -0.25) is 0 Å². The van der Waals surface area contributed by atoms with E-state index in [0.29, 0.717) is 12.5 Å². The first-order valence-electron chi connectivity index (χ1n) is 5.56. The zero-order valence-electron chi connectivity index (χ0n) is 10.4. The summed E-state index contributed by atoms with van der Waals surface area (Å²) in [5.41, 5.74) is 9.37. The highest BCUT2D eigenvalue weighted by Crippen LogP contribution is 2.38. The number of methoxy groups -OCH3 is 1. The molecule has 0 radical (unpaired) electrons. The fraction of sp³-hybridized carbons (Fsp3) is 0.538. The Balaban J connectivity index is 3.27. The van der Waals surface area contributed by atoms with E-state index in [-0.39, 0.29) is 0 Å². The number of aryl methyl sites for hydroxylation is 1.